The maximum atomic E-state index is 3.54. The van der Waals surface area contributed by atoms with Gasteiger partial charge in [0.1, 0.15) is 0 Å². The van der Waals surface area contributed by atoms with Crippen LogP contribution in [0.4, 0.5) is 0 Å². The molecule has 14 heavy (non-hydrogen) atoms. The van der Waals surface area contributed by atoms with Gasteiger partial charge in [-0.05, 0) is 24.3 Å². The molecule has 0 heterocycles. The van der Waals surface area contributed by atoms with E-state index in [1.165, 1.54) is 31.2 Å². The van der Waals surface area contributed by atoms with Crippen LogP contribution in [0.1, 0.15) is 44.1 Å². The summed E-state index contributed by atoms with van der Waals surface area (Å²) in [5.41, 5.74) is 1.50. The molecule has 0 amide bonds. The predicted molar refractivity (Wildman–Crippen MR) is 67.1 cm³/mol. The van der Waals surface area contributed by atoms with Gasteiger partial charge in [0.2, 0.25) is 0 Å². The van der Waals surface area contributed by atoms with Gasteiger partial charge in [0.15, 0.2) is 0 Å². The summed E-state index contributed by atoms with van der Waals surface area (Å²) in [6, 6.07) is 10.9. The molecule has 78 valence electrons. The molecule has 0 fully saturated rings. The van der Waals surface area contributed by atoms with E-state index in [4.69, 9.17) is 0 Å². The molecular weight excluding hydrogens is 236 g/mol. The molecule has 0 radical (unpaired) electrons. The molecule has 0 nitrogen and oxygen atoms in total. The van der Waals surface area contributed by atoms with E-state index in [-0.39, 0.29) is 0 Å². The van der Waals surface area contributed by atoms with Crippen molar-refractivity contribution in [2.24, 2.45) is 0 Å². The Bertz CT molecular complexity index is 230. The second-order valence-electron chi connectivity index (χ2n) is 3.73. The lowest BCUT2D eigenvalue weighted by atomic mass is 9.91. The largest absolute Gasteiger partial charge is 0.0928 e. The Morgan fingerprint density at radius 1 is 1.14 bits per heavy atom. The Morgan fingerprint density at radius 3 is 2.43 bits per heavy atom. The van der Waals surface area contributed by atoms with Gasteiger partial charge in [0.05, 0.1) is 0 Å². The fraction of sp³-hybridized carbons (Fsp3) is 0.538. The quantitative estimate of drug-likeness (QED) is 0.644. The molecule has 1 atom stereocenters. The van der Waals surface area contributed by atoms with Crippen molar-refractivity contribution in [2.75, 3.05) is 5.33 Å². The molecule has 0 spiro atoms. The van der Waals surface area contributed by atoms with Crippen LogP contribution in [-0.4, -0.2) is 5.33 Å². The Morgan fingerprint density at radius 2 is 1.86 bits per heavy atom. The number of halogens is 1. The molecule has 0 N–H and O–H groups in total. The molecule has 0 aliphatic heterocycles. The molecule has 1 aromatic rings. The maximum Gasteiger partial charge on any atom is 0.00371 e. The Labute approximate surface area is 95.9 Å². The van der Waals surface area contributed by atoms with Crippen LogP contribution in [0.15, 0.2) is 30.3 Å². The summed E-state index contributed by atoms with van der Waals surface area (Å²) < 4.78 is 0. The first-order chi connectivity index (χ1) is 6.88. The minimum atomic E-state index is 0.746. The van der Waals surface area contributed by atoms with Crippen LogP contribution in [0, 0.1) is 0 Å². The van der Waals surface area contributed by atoms with Gasteiger partial charge >= 0.3 is 0 Å². The van der Waals surface area contributed by atoms with Gasteiger partial charge in [-0.2, -0.15) is 0 Å². The van der Waals surface area contributed by atoms with Crippen molar-refractivity contribution in [3.8, 4) is 0 Å². The van der Waals surface area contributed by atoms with E-state index in [0.717, 1.165) is 11.2 Å². The smallest absolute Gasteiger partial charge is 0.00371 e. The third-order valence-corrected chi connectivity index (χ3v) is 3.09. The molecule has 0 aliphatic carbocycles. The van der Waals surface area contributed by atoms with Crippen LogP contribution in [0.25, 0.3) is 0 Å². The second kappa shape index (κ2) is 7.05. The molecule has 0 unspecified atom stereocenters. The average molecular weight is 255 g/mol. The third-order valence-electron chi connectivity index (χ3n) is 2.63. The normalized spacial score (nSPS) is 12.7. The van der Waals surface area contributed by atoms with Gasteiger partial charge in [0.25, 0.3) is 0 Å². The predicted octanol–water partition coefficient (Wildman–Crippen LogP) is 4.75. The number of rotatable bonds is 6. The molecule has 1 rings (SSSR count). The highest BCUT2D eigenvalue weighted by Gasteiger charge is 2.09. The number of alkyl halides is 1. The molecule has 0 aromatic heterocycles. The van der Waals surface area contributed by atoms with Crippen molar-refractivity contribution in [1.29, 1.82) is 0 Å². The number of benzene rings is 1. The van der Waals surface area contributed by atoms with E-state index < -0.39 is 0 Å². The number of hydrogen-bond acceptors (Lipinski definition) is 0. The summed E-state index contributed by atoms with van der Waals surface area (Å²) >= 11 is 3.54. The average Bonchev–Trinajstić information content (AvgIpc) is 2.25. The van der Waals surface area contributed by atoms with Gasteiger partial charge in [-0.25, -0.2) is 0 Å². The Kier molecular flexibility index (Phi) is 5.93. The third kappa shape index (κ3) is 3.83. The van der Waals surface area contributed by atoms with Gasteiger partial charge < -0.3 is 0 Å². The number of hydrogen-bond donors (Lipinski definition) is 0. The van der Waals surface area contributed by atoms with Crippen molar-refractivity contribution >= 4 is 15.9 Å². The van der Waals surface area contributed by atoms with Crippen molar-refractivity contribution in [2.45, 2.75) is 38.5 Å². The molecule has 0 saturated carbocycles. The van der Waals surface area contributed by atoms with Crippen LogP contribution in [0.5, 0.6) is 0 Å². The summed E-state index contributed by atoms with van der Waals surface area (Å²) in [5.74, 6) is 0.746. The zero-order valence-corrected chi connectivity index (χ0v) is 10.5. The maximum absolute atomic E-state index is 3.54. The zero-order valence-electron chi connectivity index (χ0n) is 8.88. The van der Waals surface area contributed by atoms with Gasteiger partial charge in [0, 0.05) is 5.33 Å². The molecule has 0 bridgehead atoms. The topological polar surface area (TPSA) is 0 Å². The molecule has 1 aromatic carbocycles. The van der Waals surface area contributed by atoms with E-state index in [1.807, 2.05) is 0 Å². The first-order valence-electron chi connectivity index (χ1n) is 5.49. The minimum Gasteiger partial charge on any atom is -0.0928 e. The molecule has 0 aliphatic rings. The van der Waals surface area contributed by atoms with Gasteiger partial charge in [-0.3, -0.25) is 0 Å². The van der Waals surface area contributed by atoms with Crippen molar-refractivity contribution < 1.29 is 0 Å². The van der Waals surface area contributed by atoms with Crippen LogP contribution >= 0.6 is 15.9 Å². The highest BCUT2D eigenvalue weighted by molar-refractivity contribution is 9.09. The summed E-state index contributed by atoms with van der Waals surface area (Å²) in [5, 5.41) is 1.11. The summed E-state index contributed by atoms with van der Waals surface area (Å²) in [6.07, 6.45) is 5.22. The van der Waals surface area contributed by atoms with Crippen LogP contribution in [-0.2, 0) is 0 Å². The summed E-state index contributed by atoms with van der Waals surface area (Å²) in [4.78, 5) is 0. The molecule has 0 saturated heterocycles. The number of unbranched alkanes of at least 4 members (excludes halogenated alkanes) is 1. The fourth-order valence-electron chi connectivity index (χ4n) is 1.79. The monoisotopic (exact) mass is 254 g/mol. The van der Waals surface area contributed by atoms with Gasteiger partial charge in [-0.1, -0.05) is 66.0 Å². The lowest BCUT2D eigenvalue weighted by molar-refractivity contribution is 0.574. The zero-order chi connectivity index (χ0) is 10.2. The lowest BCUT2D eigenvalue weighted by Crippen LogP contribution is -1.99. The van der Waals surface area contributed by atoms with E-state index in [9.17, 15) is 0 Å². The SMILES string of the molecule is CCCC[C@H](CCBr)c1ccccc1. The van der Waals surface area contributed by atoms with Crippen LogP contribution in [0.3, 0.4) is 0 Å². The van der Waals surface area contributed by atoms with Crippen molar-refractivity contribution in [1.82, 2.24) is 0 Å². The van der Waals surface area contributed by atoms with Crippen molar-refractivity contribution in [3.63, 3.8) is 0 Å². The minimum absolute atomic E-state index is 0.746. The second-order valence-corrected chi connectivity index (χ2v) is 4.52. The van der Waals surface area contributed by atoms with E-state index in [2.05, 4.69) is 53.2 Å². The first kappa shape index (κ1) is 11.8. The van der Waals surface area contributed by atoms with E-state index in [1.54, 1.807) is 0 Å². The Hall–Kier alpha value is -0.300. The van der Waals surface area contributed by atoms with E-state index in [0.29, 0.717) is 0 Å². The highest BCUT2D eigenvalue weighted by atomic mass is 79.9. The van der Waals surface area contributed by atoms with Crippen molar-refractivity contribution in [3.05, 3.63) is 35.9 Å². The van der Waals surface area contributed by atoms with E-state index >= 15 is 0 Å². The Balaban J connectivity index is 2.58. The first-order valence-corrected chi connectivity index (χ1v) is 6.61. The summed E-state index contributed by atoms with van der Waals surface area (Å²) in [6.45, 7) is 2.26. The van der Waals surface area contributed by atoms with Crippen LogP contribution in [0.2, 0.25) is 0 Å². The highest BCUT2D eigenvalue weighted by Crippen LogP contribution is 2.25. The molecular formula is C13H19Br. The standard InChI is InChI=1S/C13H19Br/c1-2-3-7-13(10-11-14)12-8-5-4-6-9-12/h4-6,8-9,13H,2-3,7,10-11H2,1H3/t13-/m1/s1. The van der Waals surface area contributed by atoms with Gasteiger partial charge in [-0.15, -0.1) is 0 Å². The fourth-order valence-corrected chi connectivity index (χ4v) is 2.34. The lowest BCUT2D eigenvalue weighted by Gasteiger charge is -2.15. The summed E-state index contributed by atoms with van der Waals surface area (Å²) in [7, 11) is 0. The molecule has 1 heteroatoms. The van der Waals surface area contributed by atoms with Crippen LogP contribution < -0.4 is 0 Å².